The van der Waals surface area contributed by atoms with Crippen molar-refractivity contribution in [3.05, 3.63) is 71.8 Å². The molecule has 3 nitrogen and oxygen atoms in total. The van der Waals surface area contributed by atoms with Crippen LogP contribution in [0.4, 0.5) is 0 Å². The van der Waals surface area contributed by atoms with E-state index < -0.39 is 0 Å². The largest absolute Gasteiger partial charge is 0.374 e. The summed E-state index contributed by atoms with van der Waals surface area (Å²) in [6.07, 6.45) is 0. The summed E-state index contributed by atoms with van der Waals surface area (Å²) in [5, 5.41) is 0. The van der Waals surface area contributed by atoms with Crippen molar-refractivity contribution in [1.29, 1.82) is 0 Å². The summed E-state index contributed by atoms with van der Waals surface area (Å²) < 4.78 is 5.84. The molecule has 0 aromatic heterocycles. The molecule has 0 heterocycles. The summed E-state index contributed by atoms with van der Waals surface area (Å²) in [5.41, 5.74) is 8.78. The maximum absolute atomic E-state index is 6.32. The maximum Gasteiger partial charge on any atom is 0.0637 e. The molecular formula is C21H30N2O. The zero-order valence-corrected chi connectivity index (χ0v) is 15.1. The van der Waals surface area contributed by atoms with Crippen molar-refractivity contribution in [2.75, 3.05) is 13.2 Å². The van der Waals surface area contributed by atoms with Gasteiger partial charge in [-0.05, 0) is 31.9 Å². The number of nitrogens with two attached hydrogens (primary N) is 1. The highest BCUT2D eigenvalue weighted by atomic mass is 16.5. The van der Waals surface area contributed by atoms with Crippen LogP contribution in [0.15, 0.2) is 60.7 Å². The Labute approximate surface area is 146 Å². The van der Waals surface area contributed by atoms with Crippen LogP contribution in [0.3, 0.4) is 0 Å². The Morgan fingerprint density at radius 3 is 1.75 bits per heavy atom. The highest BCUT2D eigenvalue weighted by molar-refractivity contribution is 5.17. The first-order chi connectivity index (χ1) is 11.4. The highest BCUT2D eigenvalue weighted by Gasteiger charge is 2.16. The quantitative estimate of drug-likeness (QED) is 0.801. The predicted octanol–water partition coefficient (Wildman–Crippen LogP) is 3.83. The van der Waals surface area contributed by atoms with Crippen LogP contribution >= 0.6 is 0 Å². The minimum atomic E-state index is -0.151. The maximum atomic E-state index is 6.32. The van der Waals surface area contributed by atoms with Crippen LogP contribution in [0, 0.1) is 0 Å². The lowest BCUT2D eigenvalue weighted by atomic mass is 10.1. The van der Waals surface area contributed by atoms with Gasteiger partial charge in [-0.25, -0.2) is 0 Å². The molecule has 2 aromatic carbocycles. The molecule has 0 unspecified atom stereocenters. The second-order valence-corrected chi connectivity index (χ2v) is 7.32. The Balaban J connectivity index is 1.99. The molecular weight excluding hydrogens is 296 g/mol. The molecule has 0 amide bonds. The molecule has 0 bridgehead atoms. The molecule has 1 atom stereocenters. The molecule has 2 aromatic rings. The van der Waals surface area contributed by atoms with Crippen molar-refractivity contribution < 1.29 is 4.74 Å². The van der Waals surface area contributed by atoms with E-state index in [0.717, 1.165) is 19.6 Å². The Morgan fingerprint density at radius 1 is 0.875 bits per heavy atom. The van der Waals surface area contributed by atoms with Crippen molar-refractivity contribution in [3.63, 3.8) is 0 Å². The van der Waals surface area contributed by atoms with Crippen LogP contribution in [0.5, 0.6) is 0 Å². The highest BCUT2D eigenvalue weighted by Crippen LogP contribution is 2.12. The van der Waals surface area contributed by atoms with E-state index in [4.69, 9.17) is 10.5 Å². The Morgan fingerprint density at radius 2 is 1.33 bits per heavy atom. The number of nitrogens with zero attached hydrogens (tertiary/aromatic N) is 1. The summed E-state index contributed by atoms with van der Waals surface area (Å²) in [5.74, 6) is 0. The van der Waals surface area contributed by atoms with E-state index in [9.17, 15) is 0 Å². The molecule has 0 aliphatic heterocycles. The fourth-order valence-electron chi connectivity index (χ4n) is 2.61. The smallest absolute Gasteiger partial charge is 0.0637 e. The van der Waals surface area contributed by atoms with Crippen LogP contribution in [-0.2, 0) is 17.8 Å². The van der Waals surface area contributed by atoms with Gasteiger partial charge in [-0.1, -0.05) is 60.7 Å². The second kappa shape index (κ2) is 8.97. The number of hydrogen-bond donors (Lipinski definition) is 1. The third-order valence-corrected chi connectivity index (χ3v) is 3.72. The van der Waals surface area contributed by atoms with Gasteiger partial charge < -0.3 is 10.5 Å². The lowest BCUT2D eigenvalue weighted by Gasteiger charge is -2.28. The lowest BCUT2D eigenvalue weighted by molar-refractivity contribution is -0.0142. The van der Waals surface area contributed by atoms with Gasteiger partial charge in [0.1, 0.15) is 0 Å². The fraction of sp³-hybridized carbons (Fsp3) is 0.429. The van der Waals surface area contributed by atoms with Crippen LogP contribution < -0.4 is 5.73 Å². The van der Waals surface area contributed by atoms with E-state index >= 15 is 0 Å². The second-order valence-electron chi connectivity index (χ2n) is 7.32. The van der Waals surface area contributed by atoms with Crippen molar-refractivity contribution >= 4 is 0 Å². The van der Waals surface area contributed by atoms with Gasteiger partial charge in [-0.2, -0.15) is 0 Å². The summed E-state index contributed by atoms with van der Waals surface area (Å²) >= 11 is 0. The van der Waals surface area contributed by atoms with Crippen LogP contribution in [0.1, 0.15) is 31.9 Å². The van der Waals surface area contributed by atoms with E-state index in [1.54, 1.807) is 0 Å². The van der Waals surface area contributed by atoms with Crippen LogP contribution in [0.25, 0.3) is 0 Å². The first-order valence-corrected chi connectivity index (χ1v) is 8.62. The fourth-order valence-corrected chi connectivity index (χ4v) is 2.61. The van der Waals surface area contributed by atoms with E-state index in [0.29, 0.717) is 6.61 Å². The topological polar surface area (TPSA) is 38.5 Å². The number of hydrogen-bond acceptors (Lipinski definition) is 3. The average molecular weight is 326 g/mol. The molecule has 2 N–H and O–H groups in total. The Hall–Kier alpha value is -1.68. The summed E-state index contributed by atoms with van der Waals surface area (Å²) in [4.78, 5) is 2.39. The van der Waals surface area contributed by atoms with Crippen LogP contribution in [0.2, 0.25) is 0 Å². The number of benzene rings is 2. The van der Waals surface area contributed by atoms with Gasteiger partial charge in [0.05, 0.1) is 12.2 Å². The zero-order valence-electron chi connectivity index (χ0n) is 15.1. The standard InChI is InChI=1S/C21H30N2O/c1-21(2,3)24-17-20(22)16-23(14-18-10-6-4-7-11-18)15-19-12-8-5-9-13-19/h4-13,20H,14-17,22H2,1-3H3/t20-/m1/s1. The first kappa shape index (κ1) is 18.7. The predicted molar refractivity (Wildman–Crippen MR) is 101 cm³/mol. The molecule has 0 saturated heterocycles. The number of ether oxygens (including phenoxy) is 1. The molecule has 2 rings (SSSR count). The minimum Gasteiger partial charge on any atom is -0.374 e. The first-order valence-electron chi connectivity index (χ1n) is 8.62. The minimum absolute atomic E-state index is 0.00310. The van der Waals surface area contributed by atoms with Gasteiger partial charge in [-0.3, -0.25) is 4.90 Å². The lowest BCUT2D eigenvalue weighted by Crippen LogP contribution is -2.41. The van der Waals surface area contributed by atoms with Crippen molar-refractivity contribution in [2.45, 2.75) is 45.5 Å². The van der Waals surface area contributed by atoms with Gasteiger partial charge in [-0.15, -0.1) is 0 Å². The van der Waals surface area contributed by atoms with E-state index in [-0.39, 0.29) is 11.6 Å². The molecule has 130 valence electrons. The Kier molecular flexibility index (Phi) is 6.98. The summed E-state index contributed by atoms with van der Waals surface area (Å²) in [6, 6.07) is 21.1. The molecule has 3 heteroatoms. The van der Waals surface area contributed by atoms with Crippen molar-refractivity contribution in [3.8, 4) is 0 Å². The van der Waals surface area contributed by atoms with Gasteiger partial charge >= 0.3 is 0 Å². The van der Waals surface area contributed by atoms with Crippen LogP contribution in [-0.4, -0.2) is 29.7 Å². The van der Waals surface area contributed by atoms with Gasteiger partial charge in [0.15, 0.2) is 0 Å². The molecule has 0 aliphatic carbocycles. The third kappa shape index (κ3) is 7.26. The third-order valence-electron chi connectivity index (χ3n) is 3.72. The molecule has 0 aliphatic rings. The van der Waals surface area contributed by atoms with Gasteiger partial charge in [0, 0.05) is 25.7 Å². The normalized spacial score (nSPS) is 13.2. The molecule has 24 heavy (non-hydrogen) atoms. The van der Waals surface area contributed by atoms with E-state index in [1.807, 2.05) is 12.1 Å². The van der Waals surface area contributed by atoms with E-state index in [2.05, 4.69) is 74.2 Å². The molecule has 0 spiro atoms. The monoisotopic (exact) mass is 326 g/mol. The average Bonchev–Trinajstić information content (AvgIpc) is 2.54. The van der Waals surface area contributed by atoms with Gasteiger partial charge in [0.2, 0.25) is 0 Å². The number of rotatable bonds is 8. The SMILES string of the molecule is CC(C)(C)OC[C@H](N)CN(Cc1ccccc1)Cc1ccccc1. The van der Waals surface area contributed by atoms with Crippen molar-refractivity contribution in [2.24, 2.45) is 5.73 Å². The summed E-state index contributed by atoms with van der Waals surface area (Å²) in [6.45, 7) is 9.34. The van der Waals surface area contributed by atoms with Gasteiger partial charge in [0.25, 0.3) is 0 Å². The molecule has 0 radical (unpaired) electrons. The molecule has 0 fully saturated rings. The van der Waals surface area contributed by atoms with E-state index in [1.165, 1.54) is 11.1 Å². The van der Waals surface area contributed by atoms with Crippen molar-refractivity contribution in [1.82, 2.24) is 4.90 Å². The summed E-state index contributed by atoms with van der Waals surface area (Å²) in [7, 11) is 0. The Bertz CT molecular complexity index is 536. The molecule has 0 saturated carbocycles. The zero-order chi connectivity index (χ0) is 17.4.